The predicted molar refractivity (Wildman–Crippen MR) is 124 cm³/mol. The van der Waals surface area contributed by atoms with Gasteiger partial charge in [0.05, 0.1) is 26.2 Å². The Balaban J connectivity index is 1.67. The number of carbonyl (C=O) groups excluding carboxylic acids is 1. The molecule has 2 aromatic carbocycles. The third-order valence-corrected chi connectivity index (χ3v) is 5.16. The first-order valence-corrected chi connectivity index (χ1v) is 10.9. The molecule has 31 heavy (non-hydrogen) atoms. The molecule has 1 aromatic heterocycles. The Bertz CT molecular complexity index is 1070. The first-order chi connectivity index (χ1) is 14.9. The summed E-state index contributed by atoms with van der Waals surface area (Å²) >= 11 is 18.4. The summed E-state index contributed by atoms with van der Waals surface area (Å²) in [6, 6.07) is 10.7. The molecule has 1 N–H and O–H groups in total. The third-order valence-electron chi connectivity index (χ3n) is 4.29. The van der Waals surface area contributed by atoms with Gasteiger partial charge in [-0.05, 0) is 49.2 Å². The van der Waals surface area contributed by atoms with Gasteiger partial charge < -0.3 is 14.8 Å². The highest BCUT2D eigenvalue weighted by Crippen LogP contribution is 2.29. The van der Waals surface area contributed by atoms with Gasteiger partial charge in [-0.15, -0.1) is 0 Å². The molecular weight excluding hydrogens is 461 g/mol. The molecule has 0 spiro atoms. The number of halogens is 3. The second-order valence-corrected chi connectivity index (χ2v) is 7.88. The first-order valence-electron chi connectivity index (χ1n) is 9.74. The normalized spacial score (nSPS) is 10.7. The van der Waals surface area contributed by atoms with E-state index in [0.29, 0.717) is 46.3 Å². The summed E-state index contributed by atoms with van der Waals surface area (Å²) in [5.74, 6) is 1.30. The number of anilines is 1. The van der Waals surface area contributed by atoms with Crippen molar-refractivity contribution in [3.05, 3.63) is 68.8 Å². The smallest absolute Gasteiger partial charge is 0.230 e. The van der Waals surface area contributed by atoms with Crippen molar-refractivity contribution in [2.45, 2.75) is 26.8 Å². The number of rotatable bonds is 9. The molecule has 3 rings (SSSR count). The molecule has 1 heterocycles. The summed E-state index contributed by atoms with van der Waals surface area (Å²) in [7, 11) is 0. The van der Waals surface area contributed by atoms with Crippen LogP contribution >= 0.6 is 34.8 Å². The minimum absolute atomic E-state index is 0.138. The summed E-state index contributed by atoms with van der Waals surface area (Å²) in [6.07, 6.45) is 1.77. The lowest BCUT2D eigenvalue weighted by Crippen LogP contribution is -2.15. The number of nitrogens with one attached hydrogen (secondary N) is 1. The van der Waals surface area contributed by atoms with Crippen molar-refractivity contribution in [2.75, 3.05) is 18.5 Å². The number of ether oxygens (including phenoxy) is 2. The summed E-state index contributed by atoms with van der Waals surface area (Å²) in [5.41, 5.74) is 1.62. The topological polar surface area (TPSA) is 65.4 Å². The Morgan fingerprint density at radius 3 is 2.45 bits per heavy atom. The van der Waals surface area contributed by atoms with Crippen molar-refractivity contribution in [1.82, 2.24) is 9.78 Å². The first kappa shape index (κ1) is 23.3. The fourth-order valence-electron chi connectivity index (χ4n) is 2.95. The van der Waals surface area contributed by atoms with E-state index in [1.807, 2.05) is 26.0 Å². The van der Waals surface area contributed by atoms with E-state index in [9.17, 15) is 4.79 Å². The van der Waals surface area contributed by atoms with E-state index < -0.39 is 0 Å². The Morgan fingerprint density at radius 1 is 1.00 bits per heavy atom. The average Bonchev–Trinajstić information content (AvgIpc) is 3.05. The fourth-order valence-corrected chi connectivity index (χ4v) is 3.62. The molecule has 0 aliphatic carbocycles. The van der Waals surface area contributed by atoms with Crippen LogP contribution in [0.15, 0.2) is 42.6 Å². The van der Waals surface area contributed by atoms with Gasteiger partial charge in [0.25, 0.3) is 0 Å². The maximum absolute atomic E-state index is 12.5. The SMILES string of the molecule is CCOc1ccc(CC(=O)Nc2nn(Cc3ccc(Cl)cc3Cl)cc2Cl)cc1OCC. The lowest BCUT2D eigenvalue weighted by molar-refractivity contribution is -0.115. The Kier molecular flexibility index (Phi) is 8.07. The van der Waals surface area contributed by atoms with Crippen molar-refractivity contribution in [3.63, 3.8) is 0 Å². The number of nitrogens with zero attached hydrogens (tertiary/aromatic N) is 2. The maximum atomic E-state index is 12.5. The molecule has 0 saturated heterocycles. The van der Waals surface area contributed by atoms with Gasteiger partial charge in [0.2, 0.25) is 5.91 Å². The van der Waals surface area contributed by atoms with Gasteiger partial charge >= 0.3 is 0 Å². The molecule has 0 unspecified atom stereocenters. The van der Waals surface area contributed by atoms with Crippen molar-refractivity contribution in [1.29, 1.82) is 0 Å². The summed E-state index contributed by atoms with van der Waals surface area (Å²) in [6.45, 7) is 5.22. The second kappa shape index (κ2) is 10.8. The fraction of sp³-hybridized carbons (Fsp3) is 0.273. The molecule has 0 aliphatic heterocycles. The van der Waals surface area contributed by atoms with Crippen LogP contribution in [0.25, 0.3) is 0 Å². The summed E-state index contributed by atoms with van der Waals surface area (Å²) in [4.78, 5) is 12.5. The quantitative estimate of drug-likeness (QED) is 0.414. The van der Waals surface area contributed by atoms with E-state index in [-0.39, 0.29) is 18.1 Å². The number of hydrogen-bond acceptors (Lipinski definition) is 4. The maximum Gasteiger partial charge on any atom is 0.230 e. The van der Waals surface area contributed by atoms with Crippen LogP contribution in [0.4, 0.5) is 5.82 Å². The van der Waals surface area contributed by atoms with E-state index in [1.165, 1.54) is 0 Å². The van der Waals surface area contributed by atoms with Gasteiger partial charge in [-0.25, -0.2) is 0 Å². The van der Waals surface area contributed by atoms with Crippen LogP contribution in [0.2, 0.25) is 15.1 Å². The summed E-state index contributed by atoms with van der Waals surface area (Å²) in [5, 5.41) is 8.53. The number of benzene rings is 2. The molecule has 0 atom stereocenters. The summed E-state index contributed by atoms with van der Waals surface area (Å²) < 4.78 is 12.8. The molecule has 0 saturated carbocycles. The van der Waals surface area contributed by atoms with Crippen molar-refractivity contribution in [3.8, 4) is 11.5 Å². The van der Waals surface area contributed by atoms with Crippen LogP contribution in [0, 0.1) is 0 Å². The van der Waals surface area contributed by atoms with Gasteiger partial charge in [-0.3, -0.25) is 9.48 Å². The van der Waals surface area contributed by atoms with Gasteiger partial charge in [-0.1, -0.05) is 46.9 Å². The lowest BCUT2D eigenvalue weighted by atomic mass is 10.1. The molecular formula is C22H22Cl3N3O3. The van der Waals surface area contributed by atoms with Crippen LogP contribution in [0.3, 0.4) is 0 Å². The van der Waals surface area contributed by atoms with E-state index in [2.05, 4.69) is 10.4 Å². The molecule has 0 fully saturated rings. The Morgan fingerprint density at radius 2 is 1.74 bits per heavy atom. The molecule has 164 valence electrons. The largest absolute Gasteiger partial charge is 0.490 e. The Labute approximate surface area is 196 Å². The third kappa shape index (κ3) is 6.29. The second-order valence-electron chi connectivity index (χ2n) is 6.63. The zero-order valence-electron chi connectivity index (χ0n) is 17.1. The minimum atomic E-state index is -0.247. The van der Waals surface area contributed by atoms with Crippen molar-refractivity contribution in [2.24, 2.45) is 0 Å². The van der Waals surface area contributed by atoms with Crippen molar-refractivity contribution >= 4 is 46.5 Å². The van der Waals surface area contributed by atoms with Crippen LogP contribution in [-0.2, 0) is 17.8 Å². The lowest BCUT2D eigenvalue weighted by Gasteiger charge is -2.12. The van der Waals surface area contributed by atoms with Gasteiger partial charge in [0.15, 0.2) is 17.3 Å². The average molecular weight is 483 g/mol. The number of carbonyl (C=O) groups is 1. The van der Waals surface area contributed by atoms with Crippen molar-refractivity contribution < 1.29 is 14.3 Å². The number of aromatic nitrogens is 2. The predicted octanol–water partition coefficient (Wildman–Crippen LogP) is 5.87. The molecule has 1 amide bonds. The van der Waals surface area contributed by atoms with E-state index in [0.717, 1.165) is 11.1 Å². The molecule has 0 aliphatic rings. The van der Waals surface area contributed by atoms with Gasteiger partial charge in [0.1, 0.15) is 5.02 Å². The van der Waals surface area contributed by atoms with E-state index >= 15 is 0 Å². The van der Waals surface area contributed by atoms with Crippen LogP contribution < -0.4 is 14.8 Å². The molecule has 9 heteroatoms. The van der Waals surface area contributed by atoms with E-state index in [4.69, 9.17) is 44.3 Å². The Hall–Kier alpha value is -2.41. The van der Waals surface area contributed by atoms with Crippen LogP contribution in [0.5, 0.6) is 11.5 Å². The minimum Gasteiger partial charge on any atom is -0.490 e. The van der Waals surface area contributed by atoms with E-state index in [1.54, 1.807) is 35.1 Å². The highest BCUT2D eigenvalue weighted by molar-refractivity contribution is 6.35. The molecule has 0 radical (unpaired) electrons. The number of hydrogen-bond donors (Lipinski definition) is 1. The van der Waals surface area contributed by atoms with Crippen LogP contribution in [-0.4, -0.2) is 28.9 Å². The highest BCUT2D eigenvalue weighted by atomic mass is 35.5. The zero-order valence-corrected chi connectivity index (χ0v) is 19.4. The molecule has 6 nitrogen and oxygen atoms in total. The van der Waals surface area contributed by atoms with Gasteiger partial charge in [-0.2, -0.15) is 5.10 Å². The zero-order chi connectivity index (χ0) is 22.4. The van der Waals surface area contributed by atoms with Gasteiger partial charge in [0, 0.05) is 16.2 Å². The molecule has 0 bridgehead atoms. The number of amides is 1. The standard InChI is InChI=1S/C22H22Cl3N3O3/c1-3-30-19-8-5-14(9-20(19)31-4-2)10-21(29)26-22-18(25)13-28(27-22)12-15-6-7-16(23)11-17(15)24/h5-9,11,13H,3-4,10,12H2,1-2H3,(H,26,27,29). The highest BCUT2D eigenvalue weighted by Gasteiger charge is 2.14. The molecule has 3 aromatic rings. The monoisotopic (exact) mass is 481 g/mol. The van der Waals surface area contributed by atoms with Crippen LogP contribution in [0.1, 0.15) is 25.0 Å².